The van der Waals surface area contributed by atoms with Crippen molar-refractivity contribution in [3.05, 3.63) is 69.9 Å². The van der Waals surface area contributed by atoms with Crippen LogP contribution in [0.25, 0.3) is 0 Å². The summed E-state index contributed by atoms with van der Waals surface area (Å²) in [5.41, 5.74) is 1.92. The Morgan fingerprint density at radius 3 is 2.50 bits per heavy atom. The van der Waals surface area contributed by atoms with Crippen LogP contribution in [0, 0.1) is 5.82 Å². The average Bonchev–Trinajstić information content (AvgIpc) is 2.46. The van der Waals surface area contributed by atoms with Crippen molar-refractivity contribution in [2.45, 2.75) is 25.8 Å². The molecule has 0 amide bonds. The van der Waals surface area contributed by atoms with Gasteiger partial charge in [-0.15, -0.1) is 0 Å². The van der Waals surface area contributed by atoms with Crippen LogP contribution in [-0.2, 0) is 6.42 Å². The Hall–Kier alpha value is -1.19. The third-order valence-electron chi connectivity index (χ3n) is 3.30. The van der Waals surface area contributed by atoms with Gasteiger partial charge in [-0.2, -0.15) is 0 Å². The predicted octanol–water partition coefficient (Wildman–Crippen LogP) is 4.87. The summed E-state index contributed by atoms with van der Waals surface area (Å²) in [4.78, 5) is 0. The Bertz CT molecular complexity index is 556. The molecule has 1 unspecified atom stereocenters. The zero-order valence-electron chi connectivity index (χ0n) is 11.6. The van der Waals surface area contributed by atoms with Gasteiger partial charge < -0.3 is 5.32 Å². The fourth-order valence-electron chi connectivity index (χ4n) is 2.25. The molecular weight excluding hydrogens is 317 g/mol. The van der Waals surface area contributed by atoms with Crippen LogP contribution in [0.3, 0.4) is 0 Å². The fraction of sp³-hybridized carbons (Fsp3) is 0.294. The van der Waals surface area contributed by atoms with Crippen LogP contribution in [0.4, 0.5) is 4.39 Å². The second kappa shape index (κ2) is 7.55. The van der Waals surface area contributed by atoms with E-state index >= 15 is 0 Å². The summed E-state index contributed by atoms with van der Waals surface area (Å²) in [6.45, 7) is 2.99. The standard InChI is InChI=1S/C17H19BrFN/c1-2-11-20-17(14-8-4-6-10-16(14)19)12-13-7-3-5-9-15(13)18/h3-10,17,20H,2,11-12H2,1H3. The Balaban J connectivity index is 2.24. The van der Waals surface area contributed by atoms with E-state index in [1.54, 1.807) is 6.07 Å². The molecule has 1 nitrogen and oxygen atoms in total. The lowest BCUT2D eigenvalue weighted by Gasteiger charge is -2.20. The summed E-state index contributed by atoms with van der Waals surface area (Å²) in [5.74, 6) is -0.145. The average molecular weight is 336 g/mol. The summed E-state index contributed by atoms with van der Waals surface area (Å²) in [7, 11) is 0. The molecule has 20 heavy (non-hydrogen) atoms. The SMILES string of the molecule is CCCNC(Cc1ccccc1Br)c1ccccc1F. The Labute approximate surface area is 128 Å². The van der Waals surface area contributed by atoms with E-state index < -0.39 is 0 Å². The first-order chi connectivity index (χ1) is 9.72. The van der Waals surface area contributed by atoms with Crippen molar-refractivity contribution < 1.29 is 4.39 Å². The number of nitrogens with one attached hydrogen (secondary N) is 1. The summed E-state index contributed by atoms with van der Waals surface area (Å²) in [6, 6.07) is 15.1. The van der Waals surface area contributed by atoms with Crippen molar-refractivity contribution in [2.24, 2.45) is 0 Å². The fourth-order valence-corrected chi connectivity index (χ4v) is 2.70. The maximum absolute atomic E-state index is 14.0. The minimum Gasteiger partial charge on any atom is -0.310 e. The molecule has 0 aliphatic rings. The molecule has 0 aliphatic heterocycles. The molecule has 0 aromatic heterocycles. The quantitative estimate of drug-likeness (QED) is 0.793. The monoisotopic (exact) mass is 335 g/mol. The zero-order chi connectivity index (χ0) is 14.4. The van der Waals surface area contributed by atoms with Crippen molar-refractivity contribution in [1.82, 2.24) is 5.32 Å². The van der Waals surface area contributed by atoms with Gasteiger partial charge in [0.05, 0.1) is 0 Å². The Morgan fingerprint density at radius 1 is 1.10 bits per heavy atom. The first kappa shape index (κ1) is 15.2. The lowest BCUT2D eigenvalue weighted by molar-refractivity contribution is 0.496. The summed E-state index contributed by atoms with van der Waals surface area (Å²) >= 11 is 3.56. The van der Waals surface area contributed by atoms with E-state index in [0.29, 0.717) is 0 Å². The van der Waals surface area contributed by atoms with Gasteiger partial charge in [-0.25, -0.2) is 4.39 Å². The van der Waals surface area contributed by atoms with Gasteiger partial charge in [0.25, 0.3) is 0 Å². The molecule has 0 fully saturated rings. The highest BCUT2D eigenvalue weighted by Crippen LogP contribution is 2.25. The van der Waals surface area contributed by atoms with Gasteiger partial charge in [0, 0.05) is 16.1 Å². The van der Waals surface area contributed by atoms with Crippen molar-refractivity contribution in [3.8, 4) is 0 Å². The van der Waals surface area contributed by atoms with Crippen molar-refractivity contribution in [1.29, 1.82) is 0 Å². The minimum atomic E-state index is -0.145. The molecule has 0 bridgehead atoms. The lowest BCUT2D eigenvalue weighted by atomic mass is 9.98. The second-order valence-corrected chi connectivity index (χ2v) is 5.68. The van der Waals surface area contributed by atoms with Crippen molar-refractivity contribution >= 4 is 15.9 Å². The van der Waals surface area contributed by atoms with Gasteiger partial charge in [-0.1, -0.05) is 59.3 Å². The van der Waals surface area contributed by atoms with Crippen LogP contribution in [0.2, 0.25) is 0 Å². The van der Waals surface area contributed by atoms with Crippen molar-refractivity contribution in [3.63, 3.8) is 0 Å². The molecule has 2 aromatic carbocycles. The number of rotatable bonds is 6. The molecule has 0 spiro atoms. The molecule has 1 atom stereocenters. The highest BCUT2D eigenvalue weighted by Gasteiger charge is 2.16. The van der Waals surface area contributed by atoms with E-state index in [1.807, 2.05) is 30.3 Å². The maximum Gasteiger partial charge on any atom is 0.127 e. The van der Waals surface area contributed by atoms with E-state index in [0.717, 1.165) is 29.4 Å². The highest BCUT2D eigenvalue weighted by atomic mass is 79.9. The van der Waals surface area contributed by atoms with Crippen LogP contribution in [0.15, 0.2) is 53.0 Å². The smallest absolute Gasteiger partial charge is 0.127 e. The normalized spacial score (nSPS) is 12.3. The molecule has 1 N–H and O–H groups in total. The molecule has 0 radical (unpaired) electrons. The number of hydrogen-bond acceptors (Lipinski definition) is 1. The number of benzene rings is 2. The van der Waals surface area contributed by atoms with Gasteiger partial charge in [0.1, 0.15) is 5.82 Å². The predicted molar refractivity (Wildman–Crippen MR) is 85.3 cm³/mol. The third-order valence-corrected chi connectivity index (χ3v) is 4.08. The van der Waals surface area contributed by atoms with Crippen LogP contribution in [0.5, 0.6) is 0 Å². The van der Waals surface area contributed by atoms with E-state index in [4.69, 9.17) is 0 Å². The molecular formula is C17H19BrFN. The molecule has 0 saturated carbocycles. The molecule has 0 aliphatic carbocycles. The van der Waals surface area contributed by atoms with E-state index in [1.165, 1.54) is 11.6 Å². The van der Waals surface area contributed by atoms with E-state index in [2.05, 4.69) is 34.2 Å². The van der Waals surface area contributed by atoms with Gasteiger partial charge in [0.2, 0.25) is 0 Å². The highest BCUT2D eigenvalue weighted by molar-refractivity contribution is 9.10. The van der Waals surface area contributed by atoms with E-state index in [-0.39, 0.29) is 11.9 Å². The second-order valence-electron chi connectivity index (χ2n) is 4.82. The largest absolute Gasteiger partial charge is 0.310 e. The molecule has 106 valence electrons. The van der Waals surface area contributed by atoms with Crippen molar-refractivity contribution in [2.75, 3.05) is 6.54 Å². The maximum atomic E-state index is 14.0. The summed E-state index contributed by atoms with van der Waals surface area (Å²) < 4.78 is 15.1. The summed E-state index contributed by atoms with van der Waals surface area (Å²) in [6.07, 6.45) is 1.79. The first-order valence-electron chi connectivity index (χ1n) is 6.93. The molecule has 0 heterocycles. The van der Waals surface area contributed by atoms with E-state index in [9.17, 15) is 4.39 Å². The van der Waals surface area contributed by atoms with Crippen LogP contribution in [0.1, 0.15) is 30.5 Å². The Kier molecular flexibility index (Phi) is 5.74. The van der Waals surface area contributed by atoms with Crippen LogP contribution >= 0.6 is 15.9 Å². The molecule has 3 heteroatoms. The van der Waals surface area contributed by atoms with Crippen LogP contribution < -0.4 is 5.32 Å². The molecule has 2 rings (SSSR count). The number of hydrogen-bond donors (Lipinski definition) is 1. The van der Waals surface area contributed by atoms with Crippen LogP contribution in [-0.4, -0.2) is 6.54 Å². The van der Waals surface area contributed by atoms with Gasteiger partial charge in [-0.05, 0) is 37.1 Å². The number of halogens is 2. The summed E-state index contributed by atoms with van der Waals surface area (Å²) in [5, 5.41) is 3.44. The topological polar surface area (TPSA) is 12.0 Å². The Morgan fingerprint density at radius 2 is 1.80 bits per heavy atom. The molecule has 0 saturated heterocycles. The molecule has 2 aromatic rings. The third kappa shape index (κ3) is 3.90. The minimum absolute atomic E-state index is 0.00477. The van der Waals surface area contributed by atoms with Gasteiger partial charge in [-0.3, -0.25) is 0 Å². The first-order valence-corrected chi connectivity index (χ1v) is 7.73. The lowest BCUT2D eigenvalue weighted by Crippen LogP contribution is -2.25. The van der Waals surface area contributed by atoms with Gasteiger partial charge >= 0.3 is 0 Å². The van der Waals surface area contributed by atoms with Gasteiger partial charge in [0.15, 0.2) is 0 Å². The zero-order valence-corrected chi connectivity index (χ0v) is 13.2.